The quantitative estimate of drug-likeness (QED) is 0.671. The van der Waals surface area contributed by atoms with Crippen LogP contribution in [0.1, 0.15) is 17.2 Å². The third-order valence-electron chi connectivity index (χ3n) is 2.11. The van der Waals surface area contributed by atoms with Crippen LogP contribution < -0.4 is 5.73 Å². The molecule has 3 nitrogen and oxygen atoms in total. The molecular formula is C10H10ClF4NO2. The summed E-state index contributed by atoms with van der Waals surface area (Å²) in [4.78, 5) is 11.0. The van der Waals surface area contributed by atoms with Gasteiger partial charge in [0, 0.05) is 5.56 Å². The minimum absolute atomic E-state index is 0. The summed E-state index contributed by atoms with van der Waals surface area (Å²) in [6, 6.07) is 0.100. The zero-order valence-electron chi connectivity index (χ0n) is 9.12. The predicted octanol–water partition coefficient (Wildman–Crippen LogP) is 2.44. The minimum Gasteiger partial charge on any atom is -0.468 e. The van der Waals surface area contributed by atoms with Crippen molar-refractivity contribution in [2.75, 3.05) is 7.11 Å². The van der Waals surface area contributed by atoms with Crippen molar-refractivity contribution in [3.05, 3.63) is 35.1 Å². The Bertz CT molecular complexity index is 436. The molecule has 0 saturated carbocycles. The minimum atomic E-state index is -4.63. The van der Waals surface area contributed by atoms with Crippen molar-refractivity contribution in [1.29, 1.82) is 0 Å². The van der Waals surface area contributed by atoms with Crippen LogP contribution in [0.3, 0.4) is 0 Å². The van der Waals surface area contributed by atoms with E-state index in [2.05, 4.69) is 4.74 Å². The molecule has 1 atom stereocenters. The number of ether oxygens (including phenoxy) is 1. The Morgan fingerprint density at radius 1 is 1.39 bits per heavy atom. The smallest absolute Gasteiger partial charge is 0.416 e. The third kappa shape index (κ3) is 3.58. The Kier molecular flexibility index (Phi) is 5.56. The zero-order valence-corrected chi connectivity index (χ0v) is 9.94. The number of hydrogen-bond acceptors (Lipinski definition) is 3. The molecule has 102 valence electrons. The van der Waals surface area contributed by atoms with Crippen molar-refractivity contribution in [1.82, 2.24) is 0 Å². The summed E-state index contributed by atoms with van der Waals surface area (Å²) in [5.74, 6) is -2.00. The van der Waals surface area contributed by atoms with Crippen LogP contribution in [0.5, 0.6) is 0 Å². The monoisotopic (exact) mass is 287 g/mol. The molecule has 1 rings (SSSR count). The van der Waals surface area contributed by atoms with Gasteiger partial charge in [-0.1, -0.05) is 0 Å². The van der Waals surface area contributed by atoms with E-state index in [1.165, 1.54) is 0 Å². The van der Waals surface area contributed by atoms with Gasteiger partial charge in [0.15, 0.2) is 0 Å². The maximum atomic E-state index is 13.2. The normalized spacial score (nSPS) is 12.6. The summed E-state index contributed by atoms with van der Waals surface area (Å²) in [5.41, 5.74) is 3.66. The van der Waals surface area contributed by atoms with Crippen molar-refractivity contribution < 1.29 is 27.1 Å². The largest absolute Gasteiger partial charge is 0.468 e. The first kappa shape index (κ1) is 16.7. The van der Waals surface area contributed by atoms with E-state index in [1.807, 2.05) is 0 Å². The first-order chi connectivity index (χ1) is 7.77. The lowest BCUT2D eigenvalue weighted by Crippen LogP contribution is -2.24. The highest BCUT2D eigenvalue weighted by atomic mass is 35.5. The Morgan fingerprint density at radius 3 is 2.39 bits per heavy atom. The van der Waals surface area contributed by atoms with E-state index < -0.39 is 35.1 Å². The lowest BCUT2D eigenvalue weighted by Gasteiger charge is -2.13. The zero-order chi connectivity index (χ0) is 13.2. The highest BCUT2D eigenvalue weighted by Crippen LogP contribution is 2.31. The van der Waals surface area contributed by atoms with Crippen LogP contribution in [0.2, 0.25) is 0 Å². The summed E-state index contributed by atoms with van der Waals surface area (Å²) >= 11 is 0. The van der Waals surface area contributed by atoms with Crippen molar-refractivity contribution in [3.63, 3.8) is 0 Å². The molecule has 0 aliphatic heterocycles. The molecule has 8 heteroatoms. The van der Waals surface area contributed by atoms with E-state index in [0.717, 1.165) is 7.11 Å². The van der Waals surface area contributed by atoms with Crippen LogP contribution in [0.4, 0.5) is 17.6 Å². The van der Waals surface area contributed by atoms with Gasteiger partial charge in [0.1, 0.15) is 11.9 Å². The van der Waals surface area contributed by atoms with Gasteiger partial charge in [0.2, 0.25) is 0 Å². The molecule has 0 aromatic heterocycles. The predicted molar refractivity (Wildman–Crippen MR) is 57.6 cm³/mol. The van der Waals surface area contributed by atoms with E-state index in [9.17, 15) is 22.4 Å². The molecule has 18 heavy (non-hydrogen) atoms. The van der Waals surface area contributed by atoms with Gasteiger partial charge >= 0.3 is 12.1 Å². The van der Waals surface area contributed by atoms with E-state index in [1.54, 1.807) is 0 Å². The summed E-state index contributed by atoms with van der Waals surface area (Å²) in [5, 5.41) is 0. The Morgan fingerprint density at radius 2 is 1.94 bits per heavy atom. The van der Waals surface area contributed by atoms with Crippen molar-refractivity contribution in [3.8, 4) is 0 Å². The third-order valence-corrected chi connectivity index (χ3v) is 2.11. The first-order valence-corrected chi connectivity index (χ1v) is 4.47. The van der Waals surface area contributed by atoms with Gasteiger partial charge in [-0.25, -0.2) is 4.39 Å². The van der Waals surface area contributed by atoms with Gasteiger partial charge in [-0.3, -0.25) is 4.79 Å². The van der Waals surface area contributed by atoms with Gasteiger partial charge in [-0.15, -0.1) is 12.4 Å². The molecule has 1 aromatic rings. The van der Waals surface area contributed by atoms with Gasteiger partial charge < -0.3 is 10.5 Å². The average Bonchev–Trinajstić information content (AvgIpc) is 2.26. The number of carbonyl (C=O) groups excluding carboxylic acids is 1. The van der Waals surface area contributed by atoms with Crippen LogP contribution in [-0.2, 0) is 15.7 Å². The van der Waals surface area contributed by atoms with Crippen LogP contribution in [0, 0.1) is 5.82 Å². The molecule has 0 aliphatic carbocycles. The average molecular weight is 288 g/mol. The number of halogens is 5. The van der Waals surface area contributed by atoms with Gasteiger partial charge in [-0.05, 0) is 18.2 Å². The second-order valence-corrected chi connectivity index (χ2v) is 3.23. The molecule has 0 saturated heterocycles. The second-order valence-electron chi connectivity index (χ2n) is 3.23. The number of rotatable bonds is 2. The van der Waals surface area contributed by atoms with Gasteiger partial charge in [-0.2, -0.15) is 13.2 Å². The molecule has 0 heterocycles. The van der Waals surface area contributed by atoms with Gasteiger partial charge in [0.25, 0.3) is 0 Å². The fourth-order valence-electron chi connectivity index (χ4n) is 1.21. The number of esters is 1. The highest BCUT2D eigenvalue weighted by Gasteiger charge is 2.32. The molecule has 0 unspecified atom stereocenters. The van der Waals surface area contributed by atoms with Crippen molar-refractivity contribution in [2.45, 2.75) is 12.2 Å². The lowest BCUT2D eigenvalue weighted by molar-refractivity contribution is -0.143. The van der Waals surface area contributed by atoms with E-state index >= 15 is 0 Å². The molecular weight excluding hydrogens is 278 g/mol. The van der Waals surface area contributed by atoms with E-state index in [4.69, 9.17) is 5.73 Å². The van der Waals surface area contributed by atoms with Crippen LogP contribution >= 0.6 is 12.4 Å². The molecule has 0 radical (unpaired) electrons. The second kappa shape index (κ2) is 6.01. The first-order valence-electron chi connectivity index (χ1n) is 4.47. The molecule has 0 spiro atoms. The molecule has 0 aliphatic rings. The molecule has 0 amide bonds. The van der Waals surface area contributed by atoms with E-state index in [-0.39, 0.29) is 12.4 Å². The number of methoxy groups -OCH3 is 1. The Hall–Kier alpha value is -1.34. The summed E-state index contributed by atoms with van der Waals surface area (Å²) in [7, 11) is 1.01. The fourth-order valence-corrected chi connectivity index (χ4v) is 1.21. The standard InChI is InChI=1S/C10H9F4NO2.ClH/c1-17-9(16)8(15)6-4-5(10(12,13)14)2-3-7(6)11;/h2-4,8H,15H2,1H3;1H/t8-;/m1./s1. The molecule has 1 aromatic carbocycles. The van der Waals surface area contributed by atoms with Gasteiger partial charge in [0.05, 0.1) is 12.7 Å². The Balaban J connectivity index is 0.00000289. The topological polar surface area (TPSA) is 52.3 Å². The number of alkyl halides is 3. The summed E-state index contributed by atoms with van der Waals surface area (Å²) < 4.78 is 54.6. The van der Waals surface area contributed by atoms with Crippen LogP contribution in [0.15, 0.2) is 18.2 Å². The number of benzene rings is 1. The van der Waals surface area contributed by atoms with Crippen molar-refractivity contribution in [2.24, 2.45) is 5.73 Å². The maximum absolute atomic E-state index is 13.2. The lowest BCUT2D eigenvalue weighted by atomic mass is 10.0. The van der Waals surface area contributed by atoms with Crippen molar-refractivity contribution >= 4 is 18.4 Å². The van der Waals surface area contributed by atoms with Crippen LogP contribution in [0.25, 0.3) is 0 Å². The van der Waals surface area contributed by atoms with E-state index in [0.29, 0.717) is 18.2 Å². The maximum Gasteiger partial charge on any atom is 0.416 e. The number of hydrogen-bond donors (Lipinski definition) is 1. The molecule has 0 bridgehead atoms. The molecule has 2 N–H and O–H groups in total. The van der Waals surface area contributed by atoms with Crippen LogP contribution in [-0.4, -0.2) is 13.1 Å². The number of nitrogens with two attached hydrogens (primary N) is 1. The Labute approximate surface area is 106 Å². The SMILES string of the molecule is COC(=O)[C@H](N)c1cc(C(F)(F)F)ccc1F.Cl. The fraction of sp³-hybridized carbons (Fsp3) is 0.300. The number of carbonyl (C=O) groups is 1. The summed E-state index contributed by atoms with van der Waals surface area (Å²) in [6.07, 6.45) is -4.63. The molecule has 0 fully saturated rings. The highest BCUT2D eigenvalue weighted by molar-refractivity contribution is 5.85. The summed E-state index contributed by atoms with van der Waals surface area (Å²) in [6.45, 7) is 0.